The molecule has 4 aromatic carbocycles. The lowest BCUT2D eigenvalue weighted by atomic mass is 9.77. The topological polar surface area (TPSA) is 72.6 Å². The second-order valence-corrected chi connectivity index (χ2v) is 8.78. The maximum Gasteiger partial charge on any atom is 0.278 e. The summed E-state index contributed by atoms with van der Waals surface area (Å²) in [5, 5.41) is 25.5. The summed E-state index contributed by atoms with van der Waals surface area (Å²) in [5.74, 6) is 0.315. The molecular formula is C26H18Cl3NO4. The van der Waals surface area contributed by atoms with E-state index in [1.54, 1.807) is 72.8 Å². The Hall–Kier alpha value is -3.09. The zero-order valence-electron chi connectivity index (χ0n) is 17.8. The van der Waals surface area contributed by atoms with Gasteiger partial charge in [-0.05, 0) is 47.5 Å². The Kier molecular flexibility index (Phi) is 6.82. The standard InChI is InChI=1S/C26H18Cl3NO4/c1-34-23-7-2-4-20(24(23)25-21(29)5-3-6-22(25)30(32)33)26(31,16-8-12-18(27)13-9-16)17-10-14-19(28)15-11-17/h2-15,31H,1H3. The number of halogens is 3. The summed E-state index contributed by atoms with van der Waals surface area (Å²) < 4.78 is 5.60. The van der Waals surface area contributed by atoms with Crippen molar-refractivity contribution in [2.45, 2.75) is 5.60 Å². The maximum atomic E-state index is 12.4. The molecule has 0 aliphatic rings. The van der Waals surface area contributed by atoms with Crippen LogP contribution in [0, 0.1) is 10.1 Å². The van der Waals surface area contributed by atoms with E-state index in [-0.39, 0.29) is 16.3 Å². The Morgan fingerprint density at radius 3 is 1.82 bits per heavy atom. The van der Waals surface area contributed by atoms with Crippen molar-refractivity contribution in [2.24, 2.45) is 0 Å². The molecular weight excluding hydrogens is 497 g/mol. The molecule has 0 radical (unpaired) electrons. The summed E-state index contributed by atoms with van der Waals surface area (Å²) in [6, 6.07) is 22.9. The van der Waals surface area contributed by atoms with Gasteiger partial charge in [-0.25, -0.2) is 0 Å². The first kappa shape index (κ1) is 24.0. The van der Waals surface area contributed by atoms with Crippen molar-refractivity contribution in [3.63, 3.8) is 0 Å². The minimum atomic E-state index is -1.76. The SMILES string of the molecule is COc1cccc(C(O)(c2ccc(Cl)cc2)c2ccc(Cl)cc2)c1-c1c(Cl)cccc1[N+](=O)[O-]. The van der Waals surface area contributed by atoms with E-state index < -0.39 is 10.5 Å². The highest BCUT2D eigenvalue weighted by Gasteiger charge is 2.39. The van der Waals surface area contributed by atoms with E-state index in [1.165, 1.54) is 19.2 Å². The van der Waals surface area contributed by atoms with E-state index in [0.717, 1.165) is 0 Å². The quantitative estimate of drug-likeness (QED) is 0.164. The number of nitro benzene ring substituents is 1. The Labute approximate surface area is 211 Å². The fourth-order valence-electron chi connectivity index (χ4n) is 4.03. The van der Waals surface area contributed by atoms with Crippen LogP contribution < -0.4 is 4.74 Å². The molecule has 0 aliphatic heterocycles. The molecule has 0 saturated carbocycles. The predicted octanol–water partition coefficient (Wildman–Crippen LogP) is 7.51. The molecule has 0 atom stereocenters. The van der Waals surface area contributed by atoms with Gasteiger partial charge >= 0.3 is 0 Å². The van der Waals surface area contributed by atoms with E-state index in [9.17, 15) is 15.2 Å². The molecule has 0 spiro atoms. The summed E-state index contributed by atoms with van der Waals surface area (Å²) in [7, 11) is 1.45. The first-order chi connectivity index (χ1) is 16.3. The molecule has 4 aromatic rings. The second-order valence-electron chi connectivity index (χ2n) is 7.50. The molecule has 1 N–H and O–H groups in total. The molecule has 0 bridgehead atoms. The third-order valence-corrected chi connectivity index (χ3v) is 6.42. The van der Waals surface area contributed by atoms with Crippen molar-refractivity contribution < 1.29 is 14.8 Å². The lowest BCUT2D eigenvalue weighted by Gasteiger charge is -2.33. The van der Waals surface area contributed by atoms with Gasteiger partial charge in [0, 0.05) is 27.2 Å². The number of nitrogens with zero attached hydrogens (tertiary/aromatic N) is 1. The van der Waals surface area contributed by atoms with Gasteiger partial charge in [0.1, 0.15) is 11.4 Å². The van der Waals surface area contributed by atoms with Gasteiger partial charge < -0.3 is 9.84 Å². The number of hydrogen-bond acceptors (Lipinski definition) is 4. The maximum absolute atomic E-state index is 12.4. The molecule has 0 aliphatic carbocycles. The molecule has 0 saturated heterocycles. The van der Waals surface area contributed by atoms with E-state index in [2.05, 4.69) is 0 Å². The van der Waals surface area contributed by atoms with Crippen LogP contribution in [0.4, 0.5) is 5.69 Å². The summed E-state index contributed by atoms with van der Waals surface area (Å²) in [4.78, 5) is 11.4. The van der Waals surface area contributed by atoms with Crippen molar-refractivity contribution in [3.8, 4) is 16.9 Å². The molecule has 0 aromatic heterocycles. The summed E-state index contributed by atoms with van der Waals surface area (Å²) in [6.07, 6.45) is 0. The normalized spacial score (nSPS) is 11.3. The van der Waals surface area contributed by atoms with Crippen molar-refractivity contribution in [1.82, 2.24) is 0 Å². The molecule has 4 rings (SSSR count). The second kappa shape index (κ2) is 9.65. The Morgan fingerprint density at radius 1 is 0.794 bits per heavy atom. The Morgan fingerprint density at radius 2 is 1.32 bits per heavy atom. The minimum absolute atomic E-state index is 0.142. The largest absolute Gasteiger partial charge is 0.496 e. The Bertz CT molecular complexity index is 1310. The molecule has 34 heavy (non-hydrogen) atoms. The number of ether oxygens (including phenoxy) is 1. The average molecular weight is 515 g/mol. The zero-order chi connectivity index (χ0) is 24.5. The zero-order valence-corrected chi connectivity index (χ0v) is 20.1. The molecule has 0 amide bonds. The highest BCUT2D eigenvalue weighted by molar-refractivity contribution is 6.34. The fraction of sp³-hybridized carbons (Fsp3) is 0.0769. The summed E-state index contributed by atoms with van der Waals surface area (Å²) in [6.45, 7) is 0. The highest BCUT2D eigenvalue weighted by Crippen LogP contribution is 2.49. The van der Waals surface area contributed by atoms with Crippen LogP contribution in [0.3, 0.4) is 0 Å². The third kappa shape index (κ3) is 4.24. The predicted molar refractivity (Wildman–Crippen MR) is 135 cm³/mol. The van der Waals surface area contributed by atoms with E-state index >= 15 is 0 Å². The molecule has 0 unspecified atom stereocenters. The van der Waals surface area contributed by atoms with Crippen LogP contribution in [-0.4, -0.2) is 17.1 Å². The average Bonchev–Trinajstić information content (AvgIpc) is 2.83. The van der Waals surface area contributed by atoms with Gasteiger partial charge in [-0.1, -0.05) is 77.3 Å². The number of nitro groups is 1. The molecule has 0 fully saturated rings. The number of benzene rings is 4. The first-order valence-corrected chi connectivity index (χ1v) is 11.3. The minimum Gasteiger partial charge on any atom is -0.496 e. The van der Waals surface area contributed by atoms with E-state index in [0.29, 0.717) is 38.0 Å². The smallest absolute Gasteiger partial charge is 0.278 e. The monoisotopic (exact) mass is 513 g/mol. The van der Waals surface area contributed by atoms with Gasteiger partial charge in [0.05, 0.1) is 22.6 Å². The van der Waals surface area contributed by atoms with Crippen molar-refractivity contribution in [1.29, 1.82) is 0 Å². The van der Waals surface area contributed by atoms with Gasteiger partial charge in [-0.15, -0.1) is 0 Å². The van der Waals surface area contributed by atoms with Gasteiger partial charge in [0.15, 0.2) is 0 Å². The van der Waals surface area contributed by atoms with Crippen LogP contribution in [0.1, 0.15) is 16.7 Å². The molecule has 172 valence electrons. The van der Waals surface area contributed by atoms with Gasteiger partial charge in [-0.2, -0.15) is 0 Å². The van der Waals surface area contributed by atoms with Crippen LogP contribution in [0.5, 0.6) is 5.75 Å². The van der Waals surface area contributed by atoms with Crippen molar-refractivity contribution in [2.75, 3.05) is 7.11 Å². The van der Waals surface area contributed by atoms with Gasteiger partial charge in [0.2, 0.25) is 0 Å². The highest BCUT2D eigenvalue weighted by atomic mass is 35.5. The molecule has 8 heteroatoms. The summed E-state index contributed by atoms with van der Waals surface area (Å²) in [5.41, 5.74) is -0.212. The van der Waals surface area contributed by atoms with E-state index in [1.807, 2.05) is 0 Å². The summed E-state index contributed by atoms with van der Waals surface area (Å²) >= 11 is 18.7. The Balaban J connectivity index is 2.14. The molecule has 5 nitrogen and oxygen atoms in total. The third-order valence-electron chi connectivity index (χ3n) is 5.60. The van der Waals surface area contributed by atoms with E-state index in [4.69, 9.17) is 39.5 Å². The fourth-order valence-corrected chi connectivity index (χ4v) is 4.55. The van der Waals surface area contributed by atoms with Crippen LogP contribution >= 0.6 is 34.8 Å². The first-order valence-electron chi connectivity index (χ1n) is 10.1. The number of aliphatic hydroxyl groups is 1. The van der Waals surface area contributed by atoms with Crippen LogP contribution in [0.15, 0.2) is 84.9 Å². The number of rotatable bonds is 6. The van der Waals surface area contributed by atoms with Crippen molar-refractivity contribution >= 4 is 40.5 Å². The lowest BCUT2D eigenvalue weighted by molar-refractivity contribution is -0.384. The van der Waals surface area contributed by atoms with Gasteiger partial charge in [0.25, 0.3) is 5.69 Å². The van der Waals surface area contributed by atoms with Crippen LogP contribution in [-0.2, 0) is 5.60 Å². The van der Waals surface area contributed by atoms with Gasteiger partial charge in [-0.3, -0.25) is 10.1 Å². The van der Waals surface area contributed by atoms with Crippen LogP contribution in [0.25, 0.3) is 11.1 Å². The number of hydrogen-bond donors (Lipinski definition) is 1. The lowest BCUT2D eigenvalue weighted by Crippen LogP contribution is -2.30. The van der Waals surface area contributed by atoms with Crippen LogP contribution in [0.2, 0.25) is 15.1 Å². The molecule has 0 heterocycles. The number of methoxy groups -OCH3 is 1. The van der Waals surface area contributed by atoms with Crippen molar-refractivity contribution in [3.05, 3.63) is 127 Å².